The number of anilines is 1. The van der Waals surface area contributed by atoms with Gasteiger partial charge in [0.05, 0.1) is 11.4 Å². The molecule has 1 amide bonds. The van der Waals surface area contributed by atoms with Gasteiger partial charge in [0.1, 0.15) is 5.75 Å². The van der Waals surface area contributed by atoms with Crippen LogP contribution in [0.4, 0.5) is 14.5 Å². The summed E-state index contributed by atoms with van der Waals surface area (Å²) in [4.78, 5) is 23.8. The first kappa shape index (κ1) is 19.9. The molecule has 26 heavy (non-hydrogen) atoms. The number of methoxy groups -OCH3 is 1. The van der Waals surface area contributed by atoms with Gasteiger partial charge in [0, 0.05) is 20.3 Å². The number of alkyl halides is 2. The fraction of sp³-hybridized carbons (Fsp3) is 0.400. The Balaban J connectivity index is 1.95. The Morgan fingerprint density at radius 2 is 2.19 bits per heavy atom. The summed E-state index contributed by atoms with van der Waals surface area (Å²) in [6, 6.07) is 5.89. The number of rotatable bonds is 10. The molecule has 2 aromatic rings. The van der Waals surface area contributed by atoms with Crippen molar-refractivity contribution in [1.82, 2.24) is 14.8 Å². The molecule has 8 nitrogen and oxygen atoms in total. The van der Waals surface area contributed by atoms with Crippen molar-refractivity contribution in [2.24, 2.45) is 0 Å². The minimum absolute atomic E-state index is 0.0580. The number of hydrogen-bond donors (Lipinski definition) is 2. The summed E-state index contributed by atoms with van der Waals surface area (Å²) in [5, 5.41) is 9.06. The second-order valence-corrected chi connectivity index (χ2v) is 5.96. The van der Waals surface area contributed by atoms with Crippen molar-refractivity contribution in [2.45, 2.75) is 24.7 Å². The molecule has 0 bridgehead atoms. The lowest BCUT2D eigenvalue weighted by atomic mass is 10.3. The molecular formula is C15H18F2N4O4S. The number of carbonyl (C=O) groups is 1. The maximum atomic E-state index is 12.4. The highest BCUT2D eigenvalue weighted by atomic mass is 32.2. The first-order valence-electron chi connectivity index (χ1n) is 7.62. The average molecular weight is 388 g/mol. The number of ether oxygens (including phenoxy) is 2. The molecule has 0 radical (unpaired) electrons. The van der Waals surface area contributed by atoms with E-state index >= 15 is 0 Å². The zero-order valence-corrected chi connectivity index (χ0v) is 14.7. The fourth-order valence-corrected chi connectivity index (χ4v) is 2.84. The molecule has 0 atom stereocenters. The fourth-order valence-electron chi connectivity index (χ4n) is 2.06. The van der Waals surface area contributed by atoms with E-state index in [-0.39, 0.29) is 22.9 Å². The molecule has 1 aromatic carbocycles. The van der Waals surface area contributed by atoms with Crippen LogP contribution in [0.2, 0.25) is 0 Å². The molecule has 0 aliphatic rings. The van der Waals surface area contributed by atoms with Gasteiger partial charge in [-0.05, 0) is 18.6 Å². The van der Waals surface area contributed by atoms with E-state index in [1.807, 2.05) is 0 Å². The van der Waals surface area contributed by atoms with Crippen LogP contribution in [0, 0.1) is 0 Å². The summed E-state index contributed by atoms with van der Waals surface area (Å²) >= 11 is 1.05. The summed E-state index contributed by atoms with van der Waals surface area (Å²) in [7, 11) is 1.56. The number of nitrogens with one attached hydrogen (secondary N) is 2. The van der Waals surface area contributed by atoms with Gasteiger partial charge in [-0.1, -0.05) is 23.9 Å². The van der Waals surface area contributed by atoms with Crippen molar-refractivity contribution in [3.05, 3.63) is 34.7 Å². The number of para-hydroxylation sites is 2. The highest BCUT2D eigenvalue weighted by Gasteiger charge is 2.14. The van der Waals surface area contributed by atoms with Crippen molar-refractivity contribution in [1.29, 1.82) is 0 Å². The molecule has 0 fully saturated rings. The third kappa shape index (κ3) is 5.85. The Labute approximate surface area is 151 Å². The molecular weight excluding hydrogens is 370 g/mol. The lowest BCUT2D eigenvalue weighted by molar-refractivity contribution is -0.113. The van der Waals surface area contributed by atoms with Gasteiger partial charge in [-0.15, -0.1) is 5.10 Å². The predicted molar refractivity (Wildman–Crippen MR) is 91.8 cm³/mol. The van der Waals surface area contributed by atoms with Crippen LogP contribution in [0.25, 0.3) is 0 Å². The monoisotopic (exact) mass is 388 g/mol. The van der Waals surface area contributed by atoms with E-state index in [9.17, 15) is 18.4 Å². The van der Waals surface area contributed by atoms with Gasteiger partial charge in [0.15, 0.2) is 5.16 Å². The number of benzene rings is 1. The largest absolute Gasteiger partial charge is 0.433 e. The molecule has 0 spiro atoms. The topological polar surface area (TPSA) is 98.2 Å². The van der Waals surface area contributed by atoms with Crippen molar-refractivity contribution < 1.29 is 23.0 Å². The lowest BCUT2D eigenvalue weighted by Crippen LogP contribution is -2.19. The minimum Gasteiger partial charge on any atom is -0.433 e. The highest BCUT2D eigenvalue weighted by Crippen LogP contribution is 2.26. The predicted octanol–water partition coefficient (Wildman–Crippen LogP) is 1.94. The quantitative estimate of drug-likeness (QED) is 0.477. The van der Waals surface area contributed by atoms with Crippen LogP contribution in [0.5, 0.6) is 5.75 Å². The number of halogens is 2. The van der Waals surface area contributed by atoms with Crippen LogP contribution >= 0.6 is 11.8 Å². The van der Waals surface area contributed by atoms with Crippen molar-refractivity contribution in [3.63, 3.8) is 0 Å². The maximum Gasteiger partial charge on any atom is 0.387 e. The van der Waals surface area contributed by atoms with Gasteiger partial charge in [-0.25, -0.2) is 9.89 Å². The van der Waals surface area contributed by atoms with Crippen molar-refractivity contribution in [3.8, 4) is 5.75 Å². The Kier molecular flexibility index (Phi) is 7.60. The van der Waals surface area contributed by atoms with Crippen molar-refractivity contribution in [2.75, 3.05) is 24.8 Å². The molecule has 1 heterocycles. The highest BCUT2D eigenvalue weighted by molar-refractivity contribution is 7.99. The lowest BCUT2D eigenvalue weighted by Gasteiger charge is -2.11. The van der Waals surface area contributed by atoms with Crippen molar-refractivity contribution >= 4 is 23.4 Å². The molecule has 1 aromatic heterocycles. The van der Waals surface area contributed by atoms with Gasteiger partial charge < -0.3 is 14.8 Å². The van der Waals surface area contributed by atoms with Crippen LogP contribution in [-0.2, 0) is 16.1 Å². The van der Waals surface area contributed by atoms with E-state index < -0.39 is 12.5 Å². The summed E-state index contributed by atoms with van der Waals surface area (Å²) < 4.78 is 35.5. The number of H-pyrrole nitrogens is 1. The van der Waals surface area contributed by atoms with Crippen LogP contribution in [0.3, 0.4) is 0 Å². The standard InChI is InChI=1S/C15H18F2N4O4S/c1-24-8-4-7-21-14(23)19-20-15(21)26-9-12(22)18-10-5-2-3-6-11(10)25-13(16)17/h2-3,5-6,13H,4,7-9H2,1H3,(H,18,22)(H,19,23). The van der Waals surface area contributed by atoms with Gasteiger partial charge in [0.2, 0.25) is 5.91 Å². The number of thioether (sulfide) groups is 1. The molecule has 142 valence electrons. The van der Waals surface area contributed by atoms with Gasteiger partial charge in [-0.3, -0.25) is 9.36 Å². The molecule has 0 unspecified atom stereocenters. The average Bonchev–Trinajstić information content (AvgIpc) is 2.95. The van der Waals surface area contributed by atoms with E-state index in [1.54, 1.807) is 13.2 Å². The number of aromatic nitrogens is 3. The van der Waals surface area contributed by atoms with Crippen LogP contribution in [-0.4, -0.2) is 46.8 Å². The van der Waals surface area contributed by atoms with E-state index in [1.165, 1.54) is 22.8 Å². The van der Waals surface area contributed by atoms with Crippen LogP contribution < -0.4 is 15.7 Å². The zero-order chi connectivity index (χ0) is 18.9. The molecule has 0 aliphatic carbocycles. The first-order chi connectivity index (χ1) is 12.5. The second kappa shape index (κ2) is 9.92. The number of aromatic amines is 1. The Morgan fingerprint density at radius 1 is 1.42 bits per heavy atom. The minimum atomic E-state index is -2.99. The molecule has 0 saturated heterocycles. The summed E-state index contributed by atoms with van der Waals surface area (Å²) in [5.41, 5.74) is -0.238. The number of hydrogen-bond acceptors (Lipinski definition) is 6. The molecule has 2 N–H and O–H groups in total. The maximum absolute atomic E-state index is 12.4. The smallest absolute Gasteiger partial charge is 0.387 e. The van der Waals surface area contributed by atoms with E-state index in [0.717, 1.165) is 11.8 Å². The van der Waals surface area contributed by atoms with Crippen LogP contribution in [0.1, 0.15) is 6.42 Å². The van der Waals surface area contributed by atoms with E-state index in [2.05, 4.69) is 20.3 Å². The number of carbonyl (C=O) groups excluding carboxylic acids is 1. The van der Waals surface area contributed by atoms with E-state index in [4.69, 9.17) is 4.74 Å². The summed E-state index contributed by atoms with van der Waals surface area (Å²) in [5.74, 6) is -0.631. The second-order valence-electron chi connectivity index (χ2n) is 5.02. The Hall–Kier alpha value is -2.40. The van der Waals surface area contributed by atoms with Gasteiger partial charge in [-0.2, -0.15) is 8.78 Å². The molecule has 11 heteroatoms. The zero-order valence-electron chi connectivity index (χ0n) is 13.9. The van der Waals surface area contributed by atoms with Gasteiger partial charge >= 0.3 is 12.3 Å². The molecule has 2 rings (SSSR count). The van der Waals surface area contributed by atoms with Gasteiger partial charge in [0.25, 0.3) is 0 Å². The number of amides is 1. The van der Waals surface area contributed by atoms with Crippen LogP contribution in [0.15, 0.2) is 34.2 Å². The Bertz CT molecular complexity index is 781. The first-order valence-corrected chi connectivity index (χ1v) is 8.60. The number of nitrogens with zero attached hydrogens (tertiary/aromatic N) is 2. The third-order valence-corrected chi connectivity index (χ3v) is 4.14. The molecule has 0 aliphatic heterocycles. The normalized spacial score (nSPS) is 10.9. The third-order valence-electron chi connectivity index (χ3n) is 3.16. The molecule has 0 saturated carbocycles. The summed E-state index contributed by atoms with van der Waals surface area (Å²) in [6.45, 7) is -2.10. The van der Waals surface area contributed by atoms with E-state index in [0.29, 0.717) is 24.7 Å². The summed E-state index contributed by atoms with van der Waals surface area (Å²) in [6.07, 6.45) is 0.619. The SMILES string of the molecule is COCCCn1c(SCC(=O)Nc2ccccc2OC(F)F)n[nH]c1=O. The Morgan fingerprint density at radius 3 is 2.92 bits per heavy atom.